The van der Waals surface area contributed by atoms with Crippen molar-refractivity contribution in [1.29, 1.82) is 0 Å². The summed E-state index contributed by atoms with van der Waals surface area (Å²) >= 11 is 12.7. The van der Waals surface area contributed by atoms with E-state index in [1.54, 1.807) is 6.07 Å². The van der Waals surface area contributed by atoms with E-state index < -0.39 is 5.41 Å². The Morgan fingerprint density at radius 2 is 1.86 bits per heavy atom. The number of rotatable bonds is 2. The molecule has 1 spiro atoms. The second-order valence-corrected chi connectivity index (χ2v) is 7.19. The molecule has 5 heteroatoms. The summed E-state index contributed by atoms with van der Waals surface area (Å²) in [6, 6.07) is 3.67. The number of carbonyl (C=O) groups excluding carboxylic acids is 1. The molecule has 1 unspecified atom stereocenters. The maximum Gasteiger partial charge on any atom is 0.239 e. The molecule has 2 aliphatic rings. The van der Waals surface area contributed by atoms with E-state index >= 15 is 0 Å². The predicted octanol–water partition coefficient (Wildman–Crippen LogP) is 4.06. The molecule has 1 heterocycles. The molecule has 0 bridgehead atoms. The second kappa shape index (κ2) is 5.15. The van der Waals surface area contributed by atoms with Gasteiger partial charge >= 0.3 is 0 Å². The Bertz CT molecular complexity index is 594. The van der Waals surface area contributed by atoms with Crippen LogP contribution in [-0.2, 0) is 10.2 Å². The van der Waals surface area contributed by atoms with Gasteiger partial charge < -0.3 is 0 Å². The van der Waals surface area contributed by atoms with Crippen LogP contribution in [0.25, 0.3) is 0 Å². The van der Waals surface area contributed by atoms with Crippen LogP contribution in [0.5, 0.6) is 0 Å². The van der Waals surface area contributed by atoms with Crippen molar-refractivity contribution >= 4 is 34.8 Å². The average Bonchev–Trinajstić information content (AvgIpc) is 2.98. The maximum absolute atomic E-state index is 13.2. The lowest BCUT2D eigenvalue weighted by molar-refractivity contribution is -0.124. The summed E-state index contributed by atoms with van der Waals surface area (Å²) in [7, 11) is 3.95. The van der Waals surface area contributed by atoms with Crippen LogP contribution in [-0.4, -0.2) is 31.1 Å². The molecule has 3 nitrogen and oxygen atoms in total. The number of hydrogen-bond acceptors (Lipinski definition) is 2. The smallest absolute Gasteiger partial charge is 0.239 e. The number of halogens is 2. The molecule has 1 fully saturated rings. The van der Waals surface area contributed by atoms with Crippen molar-refractivity contribution < 1.29 is 4.79 Å². The van der Waals surface area contributed by atoms with Crippen molar-refractivity contribution in [2.24, 2.45) is 0 Å². The molecule has 1 aliphatic carbocycles. The Morgan fingerprint density at radius 3 is 2.43 bits per heavy atom. The first-order valence-electron chi connectivity index (χ1n) is 7.38. The van der Waals surface area contributed by atoms with Gasteiger partial charge in [0.05, 0.1) is 22.3 Å². The van der Waals surface area contributed by atoms with Gasteiger partial charge in [0.2, 0.25) is 5.91 Å². The lowest BCUT2D eigenvalue weighted by Gasteiger charge is -2.32. The van der Waals surface area contributed by atoms with Gasteiger partial charge in [-0.2, -0.15) is 0 Å². The van der Waals surface area contributed by atoms with E-state index in [1.807, 2.05) is 36.9 Å². The largest absolute Gasteiger partial charge is 0.294 e. The van der Waals surface area contributed by atoms with Gasteiger partial charge in [-0.05, 0) is 51.6 Å². The minimum atomic E-state index is -0.409. The highest BCUT2D eigenvalue weighted by Gasteiger charge is 2.54. The highest BCUT2D eigenvalue weighted by molar-refractivity contribution is 6.38. The number of carbonyl (C=O) groups is 1. The zero-order valence-electron chi connectivity index (χ0n) is 12.6. The summed E-state index contributed by atoms with van der Waals surface area (Å²) in [5, 5.41) is 1.18. The fraction of sp³-hybridized carbons (Fsp3) is 0.562. The molecule has 1 aromatic rings. The fourth-order valence-electron chi connectivity index (χ4n) is 3.67. The molecule has 21 heavy (non-hydrogen) atoms. The average molecular weight is 327 g/mol. The highest BCUT2D eigenvalue weighted by Crippen LogP contribution is 2.54. The Balaban J connectivity index is 2.22. The summed E-state index contributed by atoms with van der Waals surface area (Å²) in [4.78, 5) is 17.1. The molecule has 0 saturated heterocycles. The fourth-order valence-corrected chi connectivity index (χ4v) is 4.26. The van der Waals surface area contributed by atoms with Crippen molar-refractivity contribution in [3.05, 3.63) is 27.7 Å². The Morgan fingerprint density at radius 1 is 1.24 bits per heavy atom. The van der Waals surface area contributed by atoms with Crippen LogP contribution in [0.4, 0.5) is 5.69 Å². The standard InChI is InChI=1S/C16H20Cl2N2O/c1-10(19(2)3)20-14-12(8-11(17)9-13(14)18)16(15(20)21)6-4-5-7-16/h8-10H,4-7H2,1-3H3. The molecule has 3 rings (SSSR count). The second-order valence-electron chi connectivity index (χ2n) is 6.34. The van der Waals surface area contributed by atoms with Gasteiger partial charge in [0, 0.05) is 5.02 Å². The number of nitrogens with zero attached hydrogens (tertiary/aromatic N) is 2. The van der Waals surface area contributed by atoms with Gasteiger partial charge in [0.25, 0.3) is 0 Å². The van der Waals surface area contributed by atoms with Gasteiger partial charge in [-0.25, -0.2) is 0 Å². The first-order chi connectivity index (χ1) is 9.88. The lowest BCUT2D eigenvalue weighted by Crippen LogP contribution is -2.48. The van der Waals surface area contributed by atoms with Crippen LogP contribution in [0.15, 0.2) is 12.1 Å². The van der Waals surface area contributed by atoms with Crippen molar-refractivity contribution in [2.45, 2.75) is 44.2 Å². The van der Waals surface area contributed by atoms with Crippen molar-refractivity contribution in [2.75, 3.05) is 19.0 Å². The van der Waals surface area contributed by atoms with Gasteiger partial charge in [0.1, 0.15) is 0 Å². The monoisotopic (exact) mass is 326 g/mol. The molecule has 0 N–H and O–H groups in total. The molecule has 0 aromatic heterocycles. The van der Waals surface area contributed by atoms with Crippen LogP contribution < -0.4 is 4.90 Å². The summed E-state index contributed by atoms with van der Waals surface area (Å²) < 4.78 is 0. The van der Waals surface area contributed by atoms with E-state index in [2.05, 4.69) is 0 Å². The molecule has 1 saturated carbocycles. The van der Waals surface area contributed by atoms with Crippen LogP contribution in [0.1, 0.15) is 38.2 Å². The zero-order chi connectivity index (χ0) is 15.4. The minimum absolute atomic E-state index is 0.0325. The lowest BCUT2D eigenvalue weighted by atomic mass is 9.80. The Hall–Kier alpha value is -0.770. The van der Waals surface area contributed by atoms with Crippen LogP contribution in [0.2, 0.25) is 10.0 Å². The van der Waals surface area contributed by atoms with E-state index in [0.717, 1.165) is 36.9 Å². The van der Waals surface area contributed by atoms with Gasteiger partial charge in [0.15, 0.2) is 0 Å². The quantitative estimate of drug-likeness (QED) is 0.818. The summed E-state index contributed by atoms with van der Waals surface area (Å²) in [5.41, 5.74) is 1.47. The van der Waals surface area contributed by atoms with Crippen molar-refractivity contribution in [3.8, 4) is 0 Å². The SMILES string of the molecule is CC(N(C)C)N1C(=O)C2(CCCC2)c2cc(Cl)cc(Cl)c21. The Labute approximate surface area is 135 Å². The van der Waals surface area contributed by atoms with Crippen LogP contribution >= 0.6 is 23.2 Å². The van der Waals surface area contributed by atoms with E-state index in [9.17, 15) is 4.79 Å². The molecule has 1 aliphatic heterocycles. The van der Waals surface area contributed by atoms with Crippen molar-refractivity contribution in [1.82, 2.24) is 4.90 Å². The molecule has 114 valence electrons. The summed E-state index contributed by atoms with van der Waals surface area (Å²) in [6.07, 6.45) is 3.92. The van der Waals surface area contributed by atoms with Gasteiger partial charge in [-0.3, -0.25) is 14.6 Å². The Kier molecular flexibility index (Phi) is 3.71. The minimum Gasteiger partial charge on any atom is -0.294 e. The number of anilines is 1. The van der Waals surface area contributed by atoms with Gasteiger partial charge in [-0.1, -0.05) is 36.0 Å². The van der Waals surface area contributed by atoms with Crippen LogP contribution in [0, 0.1) is 0 Å². The molecular formula is C16H20Cl2N2O. The highest BCUT2D eigenvalue weighted by atomic mass is 35.5. The van der Waals surface area contributed by atoms with Gasteiger partial charge in [-0.15, -0.1) is 0 Å². The number of benzene rings is 1. The topological polar surface area (TPSA) is 23.6 Å². The third kappa shape index (κ3) is 2.09. The van der Waals surface area contributed by atoms with E-state index in [-0.39, 0.29) is 12.1 Å². The maximum atomic E-state index is 13.2. The van der Waals surface area contributed by atoms with Crippen molar-refractivity contribution in [3.63, 3.8) is 0 Å². The summed E-state index contributed by atoms with van der Waals surface area (Å²) in [5.74, 6) is 0.181. The number of hydrogen-bond donors (Lipinski definition) is 0. The van der Waals surface area contributed by atoms with E-state index in [4.69, 9.17) is 23.2 Å². The zero-order valence-corrected chi connectivity index (χ0v) is 14.1. The molecule has 1 aromatic carbocycles. The first-order valence-corrected chi connectivity index (χ1v) is 8.14. The molecule has 1 amide bonds. The van der Waals surface area contributed by atoms with Crippen LogP contribution in [0.3, 0.4) is 0 Å². The third-order valence-electron chi connectivity index (χ3n) is 4.99. The number of amides is 1. The third-order valence-corrected chi connectivity index (χ3v) is 5.50. The first kappa shape index (κ1) is 15.1. The normalized spacial score (nSPS) is 21.4. The summed E-state index contributed by atoms with van der Waals surface area (Å²) in [6.45, 7) is 2.03. The van der Waals surface area contributed by atoms with E-state index in [1.165, 1.54) is 0 Å². The predicted molar refractivity (Wildman–Crippen MR) is 87.2 cm³/mol. The molecular weight excluding hydrogens is 307 g/mol. The number of fused-ring (bicyclic) bond motifs is 2. The molecule has 0 radical (unpaired) electrons. The van der Waals surface area contributed by atoms with E-state index in [0.29, 0.717) is 10.0 Å². The molecule has 1 atom stereocenters.